The lowest BCUT2D eigenvalue weighted by molar-refractivity contribution is -0.136. The molecule has 0 aliphatic carbocycles. The molecular formula is C30H30F2N6O4. The Morgan fingerprint density at radius 1 is 1.02 bits per heavy atom. The van der Waals surface area contributed by atoms with Gasteiger partial charge in [-0.1, -0.05) is 18.2 Å². The van der Waals surface area contributed by atoms with E-state index in [1.807, 2.05) is 11.0 Å². The van der Waals surface area contributed by atoms with E-state index in [9.17, 15) is 19.1 Å². The van der Waals surface area contributed by atoms with E-state index in [-0.39, 0.29) is 55.1 Å². The van der Waals surface area contributed by atoms with E-state index < -0.39 is 29.6 Å². The average molecular weight is 577 g/mol. The van der Waals surface area contributed by atoms with Gasteiger partial charge in [0.15, 0.2) is 11.5 Å². The summed E-state index contributed by atoms with van der Waals surface area (Å²) in [6, 6.07) is 14.8. The fourth-order valence-corrected chi connectivity index (χ4v) is 5.87. The normalized spacial score (nSPS) is 20.9. The minimum atomic E-state index is -0.730. The number of hydrogen-bond donors (Lipinski definition) is 1. The monoisotopic (exact) mass is 576 g/mol. The molecule has 3 atom stereocenters. The Balaban J connectivity index is 1.40. The van der Waals surface area contributed by atoms with E-state index in [0.29, 0.717) is 25.2 Å². The number of carbonyl (C=O) groups excluding carboxylic acids is 2. The number of aromatic nitrogens is 2. The number of amides is 2. The minimum absolute atomic E-state index is 0.121. The molecule has 218 valence electrons. The van der Waals surface area contributed by atoms with Crippen LogP contribution in [0.1, 0.15) is 41.6 Å². The first-order valence-corrected chi connectivity index (χ1v) is 13.6. The van der Waals surface area contributed by atoms with Crippen molar-refractivity contribution < 1.29 is 28.2 Å². The maximum atomic E-state index is 15.0. The maximum Gasteiger partial charge on any atom is 0.410 e. The zero-order chi connectivity index (χ0) is 29.8. The molecule has 1 N–H and O–H groups in total. The Morgan fingerprint density at radius 3 is 2.48 bits per heavy atom. The van der Waals surface area contributed by atoms with E-state index in [4.69, 9.17) is 10.00 Å². The molecule has 5 rings (SSSR count). The molecule has 2 amide bonds. The summed E-state index contributed by atoms with van der Waals surface area (Å²) in [5.41, 5.74) is 1.22. The van der Waals surface area contributed by atoms with Crippen LogP contribution in [-0.2, 0) is 9.53 Å². The second-order valence-corrected chi connectivity index (χ2v) is 10.4. The summed E-state index contributed by atoms with van der Waals surface area (Å²) < 4.78 is 33.8. The van der Waals surface area contributed by atoms with Crippen LogP contribution in [0, 0.1) is 28.9 Å². The lowest BCUT2D eigenvalue weighted by Crippen LogP contribution is -2.47. The Hall–Kier alpha value is -4.79. The molecule has 10 nitrogen and oxygen atoms in total. The molecule has 0 saturated carbocycles. The number of ether oxygens (including phenoxy) is 1. The van der Waals surface area contributed by atoms with Gasteiger partial charge >= 0.3 is 6.09 Å². The number of hydrogen-bond acceptors (Lipinski definition) is 8. The third kappa shape index (κ3) is 5.95. The van der Waals surface area contributed by atoms with Crippen LogP contribution in [0.5, 0.6) is 5.75 Å². The molecule has 2 fully saturated rings. The van der Waals surface area contributed by atoms with E-state index in [0.717, 1.165) is 11.6 Å². The molecule has 2 aromatic carbocycles. The molecule has 2 saturated heterocycles. The van der Waals surface area contributed by atoms with Crippen molar-refractivity contribution in [1.82, 2.24) is 20.0 Å². The van der Waals surface area contributed by atoms with Gasteiger partial charge in [-0.05, 0) is 54.3 Å². The zero-order valence-electron chi connectivity index (χ0n) is 23.0. The number of aromatic hydroxyl groups is 1. The fourth-order valence-electron chi connectivity index (χ4n) is 5.87. The number of phenolic OH excluding ortho intramolecular Hbond substituents is 1. The lowest BCUT2D eigenvalue weighted by Gasteiger charge is -2.37. The van der Waals surface area contributed by atoms with Crippen molar-refractivity contribution in [3.05, 3.63) is 83.1 Å². The highest BCUT2D eigenvalue weighted by Gasteiger charge is 2.42. The van der Waals surface area contributed by atoms with Gasteiger partial charge in [0.05, 0.1) is 19.1 Å². The van der Waals surface area contributed by atoms with Crippen molar-refractivity contribution in [1.29, 1.82) is 5.26 Å². The van der Waals surface area contributed by atoms with Crippen LogP contribution >= 0.6 is 0 Å². The Morgan fingerprint density at radius 2 is 1.81 bits per heavy atom. The van der Waals surface area contributed by atoms with E-state index in [1.54, 1.807) is 40.1 Å². The van der Waals surface area contributed by atoms with Gasteiger partial charge in [0.2, 0.25) is 5.91 Å². The number of anilines is 1. The van der Waals surface area contributed by atoms with Crippen molar-refractivity contribution in [2.45, 2.75) is 24.8 Å². The lowest BCUT2D eigenvalue weighted by atomic mass is 9.87. The van der Waals surface area contributed by atoms with Crippen molar-refractivity contribution >= 4 is 17.8 Å². The predicted octanol–water partition coefficient (Wildman–Crippen LogP) is 3.98. The van der Waals surface area contributed by atoms with Gasteiger partial charge in [-0.3, -0.25) is 9.69 Å². The molecule has 0 unspecified atom stereocenters. The molecule has 1 aromatic heterocycles. The third-order valence-electron chi connectivity index (χ3n) is 7.98. The van der Waals surface area contributed by atoms with Crippen LogP contribution in [0.4, 0.5) is 19.4 Å². The van der Waals surface area contributed by atoms with Crippen molar-refractivity contribution in [2.75, 3.05) is 44.7 Å². The van der Waals surface area contributed by atoms with Gasteiger partial charge in [-0.2, -0.15) is 5.26 Å². The molecule has 0 bridgehead atoms. The molecule has 3 aromatic rings. The van der Waals surface area contributed by atoms with Crippen LogP contribution in [0.25, 0.3) is 0 Å². The Bertz CT molecular complexity index is 1480. The number of benzene rings is 2. The molecule has 42 heavy (non-hydrogen) atoms. The number of nitriles is 1. The van der Waals surface area contributed by atoms with E-state index in [1.165, 1.54) is 25.3 Å². The molecular weight excluding hydrogens is 546 g/mol. The number of methoxy groups -OCH3 is 1. The van der Waals surface area contributed by atoms with E-state index >= 15 is 4.39 Å². The van der Waals surface area contributed by atoms with Crippen molar-refractivity contribution in [3.8, 4) is 11.8 Å². The quantitative estimate of drug-likeness (QED) is 0.495. The first kappa shape index (κ1) is 28.7. The second kappa shape index (κ2) is 12.4. The number of carbonyl (C=O) groups is 2. The minimum Gasteiger partial charge on any atom is -0.508 e. The topological polar surface area (TPSA) is 123 Å². The molecule has 0 spiro atoms. The van der Waals surface area contributed by atoms with Gasteiger partial charge in [0, 0.05) is 44.7 Å². The summed E-state index contributed by atoms with van der Waals surface area (Å²) in [4.78, 5) is 32.0. The maximum absolute atomic E-state index is 15.0. The first-order valence-electron chi connectivity index (χ1n) is 13.6. The van der Waals surface area contributed by atoms with Crippen LogP contribution in [0.2, 0.25) is 0 Å². The molecule has 0 radical (unpaired) electrons. The van der Waals surface area contributed by atoms with E-state index in [2.05, 4.69) is 10.2 Å². The fraction of sp³-hybridized carbons (Fsp3) is 0.367. The number of rotatable bonds is 4. The SMILES string of the molecule is COC(=O)N1CCN(C(=O)[C@@H]2CN(c3ccc(C#N)nn3)C[C@H]2c2ccc(F)cc2F)CCC[C@H]1c1ccc(O)cc1. The molecule has 3 heterocycles. The first-order chi connectivity index (χ1) is 20.3. The smallest absolute Gasteiger partial charge is 0.410 e. The number of halogens is 2. The summed E-state index contributed by atoms with van der Waals surface area (Å²) in [7, 11) is 1.30. The van der Waals surface area contributed by atoms with Gasteiger partial charge in [-0.25, -0.2) is 13.6 Å². The average Bonchev–Trinajstić information content (AvgIpc) is 3.42. The predicted molar refractivity (Wildman–Crippen MR) is 147 cm³/mol. The highest BCUT2D eigenvalue weighted by Crippen LogP contribution is 2.38. The Kier molecular flexibility index (Phi) is 8.47. The number of nitrogens with zero attached hydrogens (tertiary/aromatic N) is 6. The second-order valence-electron chi connectivity index (χ2n) is 10.4. The van der Waals surface area contributed by atoms with Gasteiger partial charge in [0.25, 0.3) is 0 Å². The zero-order valence-corrected chi connectivity index (χ0v) is 23.0. The molecule has 2 aliphatic heterocycles. The highest BCUT2D eigenvalue weighted by atomic mass is 19.1. The van der Waals surface area contributed by atoms with Crippen LogP contribution in [-0.4, -0.2) is 76.9 Å². The van der Waals surface area contributed by atoms with Gasteiger partial charge < -0.3 is 19.6 Å². The summed E-state index contributed by atoms with van der Waals surface area (Å²) in [6.07, 6.45) is 0.606. The molecule has 2 aliphatic rings. The van der Waals surface area contributed by atoms with Crippen LogP contribution in [0.15, 0.2) is 54.6 Å². The molecule has 12 heteroatoms. The van der Waals surface area contributed by atoms with Crippen LogP contribution < -0.4 is 4.90 Å². The third-order valence-corrected chi connectivity index (χ3v) is 7.98. The van der Waals surface area contributed by atoms with Crippen molar-refractivity contribution in [3.63, 3.8) is 0 Å². The summed E-state index contributed by atoms with van der Waals surface area (Å²) >= 11 is 0. The van der Waals surface area contributed by atoms with Crippen molar-refractivity contribution in [2.24, 2.45) is 5.92 Å². The summed E-state index contributed by atoms with van der Waals surface area (Å²) in [5.74, 6) is -2.35. The highest BCUT2D eigenvalue weighted by molar-refractivity contribution is 5.82. The van der Waals surface area contributed by atoms with Gasteiger partial charge in [0.1, 0.15) is 23.5 Å². The largest absolute Gasteiger partial charge is 0.508 e. The van der Waals surface area contributed by atoms with Gasteiger partial charge in [-0.15, -0.1) is 10.2 Å². The summed E-state index contributed by atoms with van der Waals surface area (Å²) in [6.45, 7) is 1.32. The Labute approximate surface area is 241 Å². The summed E-state index contributed by atoms with van der Waals surface area (Å²) in [5, 5.41) is 26.8. The van der Waals surface area contributed by atoms with Crippen LogP contribution in [0.3, 0.4) is 0 Å². The number of phenols is 1. The standard InChI is InChI=1S/C30H30F2N6O4/c1-42-30(41)38-14-13-36(12-2-3-27(38)19-4-8-22(39)9-5-19)29(40)25-18-37(28-11-7-21(16-33)34-35-28)17-24(25)23-10-6-20(31)15-26(23)32/h4-11,15,24-25,27,39H,2-3,12-14,17-18H2,1H3/t24-,25+,27-/m0/s1.